The highest BCUT2D eigenvalue weighted by molar-refractivity contribution is 6.41. The van der Waals surface area contributed by atoms with Crippen molar-refractivity contribution < 1.29 is 4.79 Å². The number of rotatable bonds is 3. The highest BCUT2D eigenvalue weighted by Crippen LogP contribution is 2.22. The maximum absolute atomic E-state index is 11.7. The van der Waals surface area contributed by atoms with E-state index in [0.717, 1.165) is 6.42 Å². The SMILES string of the molecule is CCC(C)(C)NC(=O)c1cc(Cl)c(Cl)[nH]1. The molecule has 1 aromatic heterocycles. The van der Waals surface area contributed by atoms with E-state index >= 15 is 0 Å². The molecule has 5 heteroatoms. The minimum atomic E-state index is -0.235. The van der Waals surface area contributed by atoms with Gasteiger partial charge in [0.2, 0.25) is 0 Å². The first-order valence-electron chi connectivity index (χ1n) is 4.72. The molecule has 0 unspecified atom stereocenters. The highest BCUT2D eigenvalue weighted by Gasteiger charge is 2.20. The summed E-state index contributed by atoms with van der Waals surface area (Å²) in [6, 6.07) is 1.52. The van der Waals surface area contributed by atoms with Gasteiger partial charge >= 0.3 is 0 Å². The molecule has 0 aliphatic carbocycles. The van der Waals surface area contributed by atoms with Gasteiger partial charge in [0.05, 0.1) is 5.02 Å². The fourth-order valence-electron chi connectivity index (χ4n) is 0.989. The van der Waals surface area contributed by atoms with Gasteiger partial charge in [-0.05, 0) is 26.3 Å². The maximum atomic E-state index is 11.7. The highest BCUT2D eigenvalue weighted by atomic mass is 35.5. The Bertz CT molecular complexity index is 352. The standard InChI is InChI=1S/C10H14Cl2N2O/c1-4-10(2,3)14-9(15)7-5-6(11)8(12)13-7/h5,13H,4H2,1-3H3,(H,14,15). The Hall–Kier alpha value is -0.670. The fourth-order valence-corrected chi connectivity index (χ4v) is 1.30. The molecule has 0 aliphatic rings. The maximum Gasteiger partial charge on any atom is 0.268 e. The summed E-state index contributed by atoms with van der Waals surface area (Å²) in [6.45, 7) is 5.92. The minimum absolute atomic E-state index is 0.198. The number of halogens is 2. The van der Waals surface area contributed by atoms with Crippen LogP contribution in [0.3, 0.4) is 0 Å². The van der Waals surface area contributed by atoms with E-state index in [1.54, 1.807) is 0 Å². The first-order valence-corrected chi connectivity index (χ1v) is 5.48. The zero-order valence-corrected chi connectivity index (χ0v) is 10.5. The number of H-pyrrole nitrogens is 1. The molecule has 0 saturated heterocycles. The topological polar surface area (TPSA) is 44.9 Å². The van der Waals surface area contributed by atoms with Gasteiger partial charge in [-0.2, -0.15) is 0 Å². The van der Waals surface area contributed by atoms with E-state index in [0.29, 0.717) is 10.7 Å². The van der Waals surface area contributed by atoms with Crippen LogP contribution in [0.25, 0.3) is 0 Å². The molecule has 0 bridgehead atoms. The summed E-state index contributed by atoms with van der Waals surface area (Å²) in [5.74, 6) is -0.198. The molecule has 1 heterocycles. The van der Waals surface area contributed by atoms with Crippen molar-refractivity contribution in [1.82, 2.24) is 10.3 Å². The van der Waals surface area contributed by atoms with E-state index in [4.69, 9.17) is 23.2 Å². The molecule has 15 heavy (non-hydrogen) atoms. The van der Waals surface area contributed by atoms with Gasteiger partial charge in [0.1, 0.15) is 10.8 Å². The summed E-state index contributed by atoms with van der Waals surface area (Å²) in [4.78, 5) is 14.4. The lowest BCUT2D eigenvalue weighted by Crippen LogP contribution is -2.42. The van der Waals surface area contributed by atoms with Crippen LogP contribution in [0.1, 0.15) is 37.7 Å². The van der Waals surface area contributed by atoms with Crippen molar-refractivity contribution in [2.24, 2.45) is 0 Å². The van der Waals surface area contributed by atoms with Crippen molar-refractivity contribution in [3.8, 4) is 0 Å². The van der Waals surface area contributed by atoms with E-state index < -0.39 is 0 Å². The summed E-state index contributed by atoms with van der Waals surface area (Å²) in [5, 5.41) is 3.52. The van der Waals surface area contributed by atoms with E-state index in [-0.39, 0.29) is 16.6 Å². The van der Waals surface area contributed by atoms with Crippen molar-refractivity contribution in [1.29, 1.82) is 0 Å². The Labute approximate surface area is 99.1 Å². The van der Waals surface area contributed by atoms with Crippen LogP contribution in [0, 0.1) is 0 Å². The second-order valence-corrected chi connectivity index (χ2v) is 4.82. The molecule has 0 fully saturated rings. The van der Waals surface area contributed by atoms with E-state index in [2.05, 4.69) is 10.3 Å². The summed E-state index contributed by atoms with van der Waals surface area (Å²) < 4.78 is 0. The molecule has 1 rings (SSSR count). The van der Waals surface area contributed by atoms with Gasteiger partial charge in [0, 0.05) is 5.54 Å². The Balaban J connectivity index is 2.78. The fraction of sp³-hybridized carbons (Fsp3) is 0.500. The van der Waals surface area contributed by atoms with Crippen molar-refractivity contribution in [2.75, 3.05) is 0 Å². The molecule has 0 atom stereocenters. The summed E-state index contributed by atoms with van der Waals surface area (Å²) in [7, 11) is 0. The number of nitrogens with one attached hydrogen (secondary N) is 2. The number of amides is 1. The number of aromatic nitrogens is 1. The number of hydrogen-bond donors (Lipinski definition) is 2. The lowest BCUT2D eigenvalue weighted by Gasteiger charge is -2.23. The van der Waals surface area contributed by atoms with Crippen molar-refractivity contribution in [2.45, 2.75) is 32.7 Å². The van der Waals surface area contributed by atoms with Crippen molar-refractivity contribution >= 4 is 29.1 Å². The van der Waals surface area contributed by atoms with Gasteiger partial charge in [-0.3, -0.25) is 4.79 Å². The number of carbonyl (C=O) groups excluding carboxylic acids is 1. The molecule has 0 aliphatic heterocycles. The number of carbonyl (C=O) groups is 1. The third-order valence-electron chi connectivity index (χ3n) is 2.31. The zero-order valence-electron chi connectivity index (χ0n) is 8.95. The van der Waals surface area contributed by atoms with Crippen molar-refractivity contribution in [3.05, 3.63) is 21.9 Å². The predicted octanol–water partition coefficient (Wildman–Crippen LogP) is 3.24. The third-order valence-corrected chi connectivity index (χ3v) is 3.00. The zero-order chi connectivity index (χ0) is 11.6. The van der Waals surface area contributed by atoms with Crippen LogP contribution in [-0.4, -0.2) is 16.4 Å². The molecule has 1 amide bonds. The van der Waals surface area contributed by atoms with Gasteiger partial charge in [-0.1, -0.05) is 30.1 Å². The Kier molecular flexibility index (Phi) is 3.68. The minimum Gasteiger partial charge on any atom is -0.346 e. The largest absolute Gasteiger partial charge is 0.346 e. The van der Waals surface area contributed by atoms with Crippen LogP contribution in [-0.2, 0) is 0 Å². The van der Waals surface area contributed by atoms with Gasteiger partial charge < -0.3 is 10.3 Å². The molecule has 2 N–H and O–H groups in total. The van der Waals surface area contributed by atoms with E-state index in [1.807, 2.05) is 20.8 Å². The molecular weight excluding hydrogens is 235 g/mol. The Morgan fingerprint density at radius 3 is 2.53 bits per heavy atom. The van der Waals surface area contributed by atoms with Crippen LogP contribution in [0.4, 0.5) is 0 Å². The van der Waals surface area contributed by atoms with E-state index in [9.17, 15) is 4.79 Å². The van der Waals surface area contributed by atoms with Crippen molar-refractivity contribution in [3.63, 3.8) is 0 Å². The van der Waals surface area contributed by atoms with Crippen LogP contribution < -0.4 is 5.32 Å². The molecule has 0 radical (unpaired) electrons. The average Bonchev–Trinajstić information content (AvgIpc) is 2.47. The van der Waals surface area contributed by atoms with Gasteiger partial charge in [-0.25, -0.2) is 0 Å². The first-order chi connectivity index (χ1) is 6.85. The normalized spacial score (nSPS) is 11.5. The van der Waals surface area contributed by atoms with Crippen LogP contribution in [0.2, 0.25) is 10.2 Å². The lowest BCUT2D eigenvalue weighted by molar-refractivity contribution is 0.0906. The summed E-state index contributed by atoms with van der Waals surface area (Å²) in [6.07, 6.45) is 0.848. The van der Waals surface area contributed by atoms with Gasteiger partial charge in [0.15, 0.2) is 0 Å². The molecule has 0 saturated carbocycles. The smallest absolute Gasteiger partial charge is 0.268 e. The monoisotopic (exact) mass is 248 g/mol. The molecule has 1 aromatic rings. The number of aromatic amines is 1. The van der Waals surface area contributed by atoms with Gasteiger partial charge in [-0.15, -0.1) is 0 Å². The molecule has 0 aromatic carbocycles. The molecular formula is C10H14Cl2N2O. The summed E-state index contributed by atoms with van der Waals surface area (Å²) >= 11 is 11.4. The second kappa shape index (κ2) is 4.45. The van der Waals surface area contributed by atoms with Crippen LogP contribution in [0.15, 0.2) is 6.07 Å². The first kappa shape index (κ1) is 12.4. The lowest BCUT2D eigenvalue weighted by atomic mass is 10.0. The Morgan fingerprint density at radius 2 is 2.13 bits per heavy atom. The molecule has 84 valence electrons. The average molecular weight is 249 g/mol. The second-order valence-electron chi connectivity index (χ2n) is 4.04. The Morgan fingerprint density at radius 1 is 1.53 bits per heavy atom. The molecule has 3 nitrogen and oxygen atoms in total. The quantitative estimate of drug-likeness (QED) is 0.848. The molecule has 0 spiro atoms. The van der Waals surface area contributed by atoms with Crippen LogP contribution >= 0.6 is 23.2 Å². The number of hydrogen-bond acceptors (Lipinski definition) is 1. The van der Waals surface area contributed by atoms with Gasteiger partial charge in [0.25, 0.3) is 5.91 Å². The predicted molar refractivity (Wildman–Crippen MR) is 62.6 cm³/mol. The summed E-state index contributed by atoms with van der Waals surface area (Å²) in [5.41, 5.74) is 0.146. The van der Waals surface area contributed by atoms with E-state index in [1.165, 1.54) is 6.07 Å². The van der Waals surface area contributed by atoms with Crippen LogP contribution in [0.5, 0.6) is 0 Å². The third kappa shape index (κ3) is 3.14.